The fourth-order valence-corrected chi connectivity index (χ4v) is 1.08. The lowest BCUT2D eigenvalue weighted by Gasteiger charge is -1.95. The number of hydrogen-bond acceptors (Lipinski definition) is 2. The Morgan fingerprint density at radius 1 is 1.64 bits per heavy atom. The topological polar surface area (TPSA) is 41.6 Å². The summed E-state index contributed by atoms with van der Waals surface area (Å²) in [6.45, 7) is 1.92. The van der Waals surface area contributed by atoms with Gasteiger partial charge in [0, 0.05) is 6.20 Å². The second kappa shape index (κ2) is 2.20. The Morgan fingerprint density at radius 2 is 2.45 bits per heavy atom. The van der Waals surface area contributed by atoms with E-state index in [9.17, 15) is 0 Å². The van der Waals surface area contributed by atoms with E-state index >= 15 is 0 Å². The molecule has 11 heavy (non-hydrogen) atoms. The predicted molar refractivity (Wildman–Crippen MR) is 42.5 cm³/mol. The number of aromatic amines is 1. The molecule has 2 aromatic rings. The smallest absolute Gasteiger partial charge is 0.156 e. The van der Waals surface area contributed by atoms with Crippen LogP contribution in [-0.2, 0) is 0 Å². The summed E-state index contributed by atoms with van der Waals surface area (Å²) in [4.78, 5) is 4.02. The van der Waals surface area contributed by atoms with Gasteiger partial charge in [-0.3, -0.25) is 5.10 Å². The molecule has 55 valence electrons. The van der Waals surface area contributed by atoms with E-state index in [1.54, 1.807) is 6.20 Å². The van der Waals surface area contributed by atoms with E-state index in [4.69, 9.17) is 11.6 Å². The van der Waals surface area contributed by atoms with Gasteiger partial charge in [0.2, 0.25) is 0 Å². The molecule has 2 rings (SSSR count). The fraction of sp³-hybridized carbons (Fsp3) is 0.143. The summed E-state index contributed by atoms with van der Waals surface area (Å²) in [5, 5.41) is 7.95. The average Bonchev–Trinajstić information content (AvgIpc) is 2.45. The van der Waals surface area contributed by atoms with E-state index in [2.05, 4.69) is 21.4 Å². The summed E-state index contributed by atoms with van der Waals surface area (Å²) in [5.41, 5.74) is 1.69. The van der Waals surface area contributed by atoms with Crippen LogP contribution in [0.3, 0.4) is 0 Å². The zero-order chi connectivity index (χ0) is 7.84. The second-order valence-corrected chi connectivity index (χ2v) is 2.70. The highest BCUT2D eigenvalue weighted by atomic mass is 35.5. The quantitative estimate of drug-likeness (QED) is 0.648. The zero-order valence-electron chi connectivity index (χ0n) is 5.85. The van der Waals surface area contributed by atoms with E-state index in [1.807, 2.05) is 6.92 Å². The predicted octanol–water partition coefficient (Wildman–Crippen LogP) is 1.72. The maximum absolute atomic E-state index is 5.82. The molecule has 0 saturated carbocycles. The summed E-state index contributed by atoms with van der Waals surface area (Å²) in [6.07, 6.45) is 4.38. The molecule has 0 aliphatic rings. The highest BCUT2D eigenvalue weighted by Gasteiger charge is 2.03. The Bertz CT molecular complexity index is 393. The van der Waals surface area contributed by atoms with Gasteiger partial charge in [0.1, 0.15) is 6.20 Å². The third-order valence-corrected chi connectivity index (χ3v) is 1.99. The maximum atomic E-state index is 5.82. The standard InChI is InChI=1S/C7H5ClN3/c1-4-5-2-10-11-7(5)9-3-6(4)8/h3H,1H3,(H,9,10,11). The van der Waals surface area contributed by atoms with Crippen molar-refractivity contribution in [2.24, 2.45) is 0 Å². The summed E-state index contributed by atoms with van der Waals surface area (Å²) in [6, 6.07) is 0. The number of aromatic nitrogens is 3. The van der Waals surface area contributed by atoms with E-state index in [0.717, 1.165) is 16.6 Å². The van der Waals surface area contributed by atoms with Crippen molar-refractivity contribution in [2.75, 3.05) is 0 Å². The number of aryl methyl sites for hydroxylation is 1. The number of nitrogens with one attached hydrogen (secondary N) is 1. The summed E-state index contributed by atoms with van der Waals surface area (Å²) in [7, 11) is 0. The van der Waals surface area contributed by atoms with Crippen LogP contribution in [0.15, 0.2) is 6.20 Å². The molecule has 0 unspecified atom stereocenters. The van der Waals surface area contributed by atoms with Gasteiger partial charge in [0.05, 0.1) is 10.4 Å². The molecule has 1 N–H and O–H groups in total. The van der Waals surface area contributed by atoms with Gasteiger partial charge < -0.3 is 0 Å². The Hall–Kier alpha value is -1.09. The van der Waals surface area contributed by atoms with Gasteiger partial charge in [-0.25, -0.2) is 4.98 Å². The van der Waals surface area contributed by atoms with Crippen LogP contribution in [0.5, 0.6) is 0 Å². The van der Waals surface area contributed by atoms with Gasteiger partial charge in [0.15, 0.2) is 5.65 Å². The Kier molecular flexibility index (Phi) is 1.32. The highest BCUT2D eigenvalue weighted by molar-refractivity contribution is 6.32. The van der Waals surface area contributed by atoms with Crippen molar-refractivity contribution in [3.05, 3.63) is 23.0 Å². The average molecular weight is 167 g/mol. The van der Waals surface area contributed by atoms with Gasteiger partial charge in [-0.2, -0.15) is 5.10 Å². The molecule has 2 heterocycles. The van der Waals surface area contributed by atoms with Crippen molar-refractivity contribution in [2.45, 2.75) is 6.92 Å². The number of rotatable bonds is 0. The van der Waals surface area contributed by atoms with Gasteiger partial charge >= 0.3 is 0 Å². The summed E-state index contributed by atoms with van der Waals surface area (Å²) < 4.78 is 0. The minimum absolute atomic E-state index is 0.648. The van der Waals surface area contributed by atoms with Crippen molar-refractivity contribution < 1.29 is 0 Å². The van der Waals surface area contributed by atoms with Crippen LogP contribution >= 0.6 is 11.6 Å². The number of halogens is 1. The monoisotopic (exact) mass is 166 g/mol. The Morgan fingerprint density at radius 3 is 3.27 bits per heavy atom. The number of nitrogens with zero attached hydrogens (tertiary/aromatic N) is 2. The van der Waals surface area contributed by atoms with E-state index < -0.39 is 0 Å². The van der Waals surface area contributed by atoms with Crippen LogP contribution in [0.1, 0.15) is 5.56 Å². The first-order valence-corrected chi connectivity index (χ1v) is 3.53. The number of fused-ring (bicyclic) bond motifs is 1. The molecule has 4 heteroatoms. The van der Waals surface area contributed by atoms with Gasteiger partial charge in [-0.15, -0.1) is 0 Å². The molecule has 0 fully saturated rings. The first-order valence-electron chi connectivity index (χ1n) is 3.16. The summed E-state index contributed by atoms with van der Waals surface area (Å²) >= 11 is 5.82. The molecule has 0 amide bonds. The minimum atomic E-state index is 0.648. The third-order valence-electron chi connectivity index (χ3n) is 1.61. The SMILES string of the molecule is Cc1c(Cl)cnc2[nH]n[c]c12. The molecular weight excluding hydrogens is 162 g/mol. The van der Waals surface area contributed by atoms with Crippen LogP contribution in [-0.4, -0.2) is 15.2 Å². The Labute approximate surface area is 68.4 Å². The van der Waals surface area contributed by atoms with Crippen LogP contribution in [0.25, 0.3) is 11.0 Å². The van der Waals surface area contributed by atoms with Crippen LogP contribution in [0.4, 0.5) is 0 Å². The number of pyridine rings is 1. The van der Waals surface area contributed by atoms with Crippen molar-refractivity contribution in [1.82, 2.24) is 15.2 Å². The molecule has 0 bridgehead atoms. The van der Waals surface area contributed by atoms with Gasteiger partial charge in [-0.1, -0.05) is 11.6 Å². The molecule has 0 spiro atoms. The van der Waals surface area contributed by atoms with Gasteiger partial charge in [0.25, 0.3) is 0 Å². The molecule has 1 radical (unpaired) electrons. The second-order valence-electron chi connectivity index (χ2n) is 2.29. The van der Waals surface area contributed by atoms with Crippen molar-refractivity contribution in [3.63, 3.8) is 0 Å². The van der Waals surface area contributed by atoms with Crippen molar-refractivity contribution >= 4 is 22.6 Å². The molecule has 0 atom stereocenters. The normalized spacial score (nSPS) is 10.7. The lowest BCUT2D eigenvalue weighted by atomic mass is 10.2. The van der Waals surface area contributed by atoms with E-state index in [0.29, 0.717) is 5.02 Å². The lowest BCUT2D eigenvalue weighted by Crippen LogP contribution is -1.80. The third kappa shape index (κ3) is 0.886. The molecule has 0 aliphatic carbocycles. The van der Waals surface area contributed by atoms with Crippen LogP contribution < -0.4 is 0 Å². The molecule has 0 aliphatic heterocycles. The largest absolute Gasteiger partial charge is 0.260 e. The zero-order valence-corrected chi connectivity index (χ0v) is 6.61. The van der Waals surface area contributed by atoms with Crippen LogP contribution in [0.2, 0.25) is 5.02 Å². The van der Waals surface area contributed by atoms with Crippen molar-refractivity contribution in [3.8, 4) is 0 Å². The van der Waals surface area contributed by atoms with E-state index in [1.165, 1.54) is 0 Å². The maximum Gasteiger partial charge on any atom is 0.156 e. The first kappa shape index (κ1) is 6.61. The molecule has 3 nitrogen and oxygen atoms in total. The summed E-state index contributed by atoms with van der Waals surface area (Å²) in [5.74, 6) is 0. The van der Waals surface area contributed by atoms with Crippen LogP contribution in [0, 0.1) is 13.1 Å². The molecular formula is C7H5ClN3. The van der Waals surface area contributed by atoms with Crippen molar-refractivity contribution in [1.29, 1.82) is 0 Å². The highest BCUT2D eigenvalue weighted by Crippen LogP contribution is 2.20. The number of hydrogen-bond donors (Lipinski definition) is 1. The molecule has 2 aromatic heterocycles. The lowest BCUT2D eigenvalue weighted by molar-refractivity contribution is 1.09. The fourth-order valence-electron chi connectivity index (χ4n) is 0.938. The van der Waals surface area contributed by atoms with E-state index in [-0.39, 0.29) is 0 Å². The molecule has 0 aromatic carbocycles. The number of H-pyrrole nitrogens is 1. The Balaban J connectivity index is 2.93. The van der Waals surface area contributed by atoms with Gasteiger partial charge in [-0.05, 0) is 12.5 Å². The minimum Gasteiger partial charge on any atom is -0.260 e. The molecule has 0 saturated heterocycles. The first-order chi connectivity index (χ1) is 5.29.